The fourth-order valence-corrected chi connectivity index (χ4v) is 2.01. The molecule has 106 valence electrons. The van der Waals surface area contributed by atoms with Crippen LogP contribution in [0.25, 0.3) is 0 Å². The van der Waals surface area contributed by atoms with Crippen LogP contribution in [0.1, 0.15) is 16.7 Å². The van der Waals surface area contributed by atoms with E-state index >= 15 is 0 Å². The second-order valence-electron chi connectivity index (χ2n) is 4.58. The molecule has 0 aliphatic carbocycles. The smallest absolute Gasteiger partial charge is 0.127 e. The maximum Gasteiger partial charge on any atom is 0.127 e. The Morgan fingerprint density at radius 3 is 2.55 bits per heavy atom. The highest BCUT2D eigenvalue weighted by Gasteiger charge is 2.05. The van der Waals surface area contributed by atoms with E-state index in [4.69, 9.17) is 9.47 Å². The van der Waals surface area contributed by atoms with Gasteiger partial charge < -0.3 is 14.8 Å². The lowest BCUT2D eigenvalue weighted by molar-refractivity contribution is 0.390. The monoisotopic (exact) mass is 272 g/mol. The molecule has 0 amide bonds. The highest BCUT2D eigenvalue weighted by molar-refractivity contribution is 5.40. The Bertz CT molecular complexity index is 570. The minimum absolute atomic E-state index is 0.738. The van der Waals surface area contributed by atoms with Gasteiger partial charge in [-0.1, -0.05) is 6.07 Å². The molecule has 0 spiro atoms. The second-order valence-corrected chi connectivity index (χ2v) is 4.58. The summed E-state index contributed by atoms with van der Waals surface area (Å²) in [7, 11) is 3.32. The number of pyridine rings is 1. The van der Waals surface area contributed by atoms with Crippen LogP contribution in [-0.4, -0.2) is 19.2 Å². The van der Waals surface area contributed by atoms with Gasteiger partial charge in [0.05, 0.1) is 14.2 Å². The summed E-state index contributed by atoms with van der Waals surface area (Å²) < 4.78 is 10.6. The number of hydrogen-bond donors (Lipinski definition) is 1. The summed E-state index contributed by atoms with van der Waals surface area (Å²) in [4.78, 5) is 4.15. The van der Waals surface area contributed by atoms with E-state index in [2.05, 4.69) is 17.2 Å². The standard InChI is InChI=1S/C16H20N2O2/c1-12-6-7-17-10-14(12)11-18-9-13-4-5-15(19-2)8-16(13)20-3/h4-8,10,18H,9,11H2,1-3H3. The third kappa shape index (κ3) is 3.48. The maximum atomic E-state index is 5.38. The number of hydrogen-bond acceptors (Lipinski definition) is 4. The second kappa shape index (κ2) is 6.91. The van der Waals surface area contributed by atoms with Crippen molar-refractivity contribution in [1.29, 1.82) is 0 Å². The zero-order valence-electron chi connectivity index (χ0n) is 12.1. The summed E-state index contributed by atoms with van der Waals surface area (Å²) in [6.45, 7) is 3.61. The van der Waals surface area contributed by atoms with Crippen molar-refractivity contribution in [3.05, 3.63) is 53.3 Å². The number of methoxy groups -OCH3 is 2. The highest BCUT2D eigenvalue weighted by atomic mass is 16.5. The summed E-state index contributed by atoms with van der Waals surface area (Å²) in [5, 5.41) is 3.41. The first-order chi connectivity index (χ1) is 9.74. The van der Waals surface area contributed by atoms with Gasteiger partial charge in [-0.15, -0.1) is 0 Å². The quantitative estimate of drug-likeness (QED) is 0.878. The van der Waals surface area contributed by atoms with Gasteiger partial charge in [0, 0.05) is 37.1 Å². The van der Waals surface area contributed by atoms with Gasteiger partial charge in [-0.25, -0.2) is 0 Å². The predicted octanol–water partition coefficient (Wildman–Crippen LogP) is 2.70. The van der Waals surface area contributed by atoms with Crippen LogP contribution in [0.15, 0.2) is 36.7 Å². The Hall–Kier alpha value is -2.07. The zero-order valence-corrected chi connectivity index (χ0v) is 12.1. The molecule has 0 atom stereocenters. The van der Waals surface area contributed by atoms with Crippen molar-refractivity contribution in [3.63, 3.8) is 0 Å². The van der Waals surface area contributed by atoms with Gasteiger partial charge in [-0.2, -0.15) is 0 Å². The first-order valence-electron chi connectivity index (χ1n) is 6.55. The van der Waals surface area contributed by atoms with Gasteiger partial charge in [0.2, 0.25) is 0 Å². The Morgan fingerprint density at radius 2 is 1.85 bits per heavy atom. The minimum atomic E-state index is 0.738. The van der Waals surface area contributed by atoms with Gasteiger partial charge in [0.1, 0.15) is 11.5 Å². The van der Waals surface area contributed by atoms with Gasteiger partial charge in [-0.05, 0) is 30.2 Å². The van der Waals surface area contributed by atoms with Crippen LogP contribution >= 0.6 is 0 Å². The average molecular weight is 272 g/mol. The van der Waals surface area contributed by atoms with Crippen LogP contribution in [0.5, 0.6) is 11.5 Å². The molecular formula is C16H20N2O2. The molecule has 0 saturated heterocycles. The number of rotatable bonds is 6. The molecule has 2 aromatic rings. The number of nitrogens with one attached hydrogen (secondary N) is 1. The van der Waals surface area contributed by atoms with E-state index in [-0.39, 0.29) is 0 Å². The molecule has 0 aliphatic rings. The van der Waals surface area contributed by atoms with E-state index in [0.717, 1.165) is 30.2 Å². The van der Waals surface area contributed by atoms with Crippen LogP contribution in [0.3, 0.4) is 0 Å². The lowest BCUT2D eigenvalue weighted by Gasteiger charge is -2.12. The van der Waals surface area contributed by atoms with Crippen molar-refractivity contribution in [2.24, 2.45) is 0 Å². The Labute approximate surface area is 119 Å². The number of nitrogens with zero attached hydrogens (tertiary/aromatic N) is 1. The SMILES string of the molecule is COc1ccc(CNCc2cnccc2C)c(OC)c1. The predicted molar refractivity (Wildman–Crippen MR) is 79.1 cm³/mol. The molecule has 1 N–H and O–H groups in total. The molecule has 20 heavy (non-hydrogen) atoms. The molecule has 1 heterocycles. The van der Waals surface area contributed by atoms with E-state index in [1.54, 1.807) is 14.2 Å². The summed E-state index contributed by atoms with van der Waals surface area (Å²) in [6, 6.07) is 7.87. The Morgan fingerprint density at radius 1 is 1.05 bits per heavy atom. The lowest BCUT2D eigenvalue weighted by atomic mass is 10.1. The number of ether oxygens (including phenoxy) is 2. The van der Waals surface area contributed by atoms with Crippen molar-refractivity contribution in [2.45, 2.75) is 20.0 Å². The van der Waals surface area contributed by atoms with Crippen molar-refractivity contribution < 1.29 is 9.47 Å². The summed E-state index contributed by atoms with van der Waals surface area (Å²) >= 11 is 0. The van der Waals surface area contributed by atoms with Gasteiger partial charge in [-0.3, -0.25) is 4.98 Å². The average Bonchev–Trinajstić information content (AvgIpc) is 2.49. The summed E-state index contributed by atoms with van der Waals surface area (Å²) in [5.41, 5.74) is 3.56. The molecule has 0 radical (unpaired) electrons. The molecular weight excluding hydrogens is 252 g/mol. The van der Waals surface area contributed by atoms with E-state index < -0.39 is 0 Å². The number of benzene rings is 1. The van der Waals surface area contributed by atoms with Crippen molar-refractivity contribution >= 4 is 0 Å². The molecule has 0 bridgehead atoms. The molecule has 2 rings (SSSR count). The molecule has 0 saturated carbocycles. The largest absolute Gasteiger partial charge is 0.497 e. The minimum Gasteiger partial charge on any atom is -0.497 e. The van der Waals surface area contributed by atoms with Crippen molar-refractivity contribution in [3.8, 4) is 11.5 Å². The molecule has 1 aromatic heterocycles. The Balaban J connectivity index is 1.99. The normalized spacial score (nSPS) is 10.3. The van der Waals surface area contributed by atoms with E-state index in [0.29, 0.717) is 0 Å². The van der Waals surface area contributed by atoms with Gasteiger partial charge >= 0.3 is 0 Å². The lowest BCUT2D eigenvalue weighted by Crippen LogP contribution is -2.14. The van der Waals surface area contributed by atoms with Crippen LogP contribution in [0.2, 0.25) is 0 Å². The van der Waals surface area contributed by atoms with Gasteiger partial charge in [0.25, 0.3) is 0 Å². The number of aromatic nitrogens is 1. The van der Waals surface area contributed by atoms with Gasteiger partial charge in [0.15, 0.2) is 0 Å². The highest BCUT2D eigenvalue weighted by Crippen LogP contribution is 2.24. The van der Waals surface area contributed by atoms with Crippen LogP contribution < -0.4 is 14.8 Å². The van der Waals surface area contributed by atoms with E-state index in [1.165, 1.54) is 11.1 Å². The van der Waals surface area contributed by atoms with Crippen LogP contribution in [0, 0.1) is 6.92 Å². The Kier molecular flexibility index (Phi) is 4.96. The molecule has 0 aliphatic heterocycles. The molecule has 4 heteroatoms. The molecule has 1 aromatic carbocycles. The molecule has 4 nitrogen and oxygen atoms in total. The fraction of sp³-hybridized carbons (Fsp3) is 0.312. The first-order valence-corrected chi connectivity index (χ1v) is 6.55. The topological polar surface area (TPSA) is 43.4 Å². The fourth-order valence-electron chi connectivity index (χ4n) is 2.01. The van der Waals surface area contributed by atoms with Crippen molar-refractivity contribution in [2.75, 3.05) is 14.2 Å². The molecule has 0 unspecified atom stereocenters. The maximum absolute atomic E-state index is 5.38. The van der Waals surface area contributed by atoms with Crippen LogP contribution in [0.4, 0.5) is 0 Å². The summed E-state index contributed by atoms with van der Waals surface area (Å²) in [6.07, 6.45) is 3.71. The van der Waals surface area contributed by atoms with E-state index in [1.807, 2.05) is 36.7 Å². The zero-order chi connectivity index (χ0) is 14.4. The number of aryl methyl sites for hydroxylation is 1. The summed E-state index contributed by atoms with van der Waals surface area (Å²) in [5.74, 6) is 1.63. The van der Waals surface area contributed by atoms with Crippen LogP contribution in [-0.2, 0) is 13.1 Å². The molecule has 0 fully saturated rings. The first kappa shape index (κ1) is 14.3. The van der Waals surface area contributed by atoms with E-state index in [9.17, 15) is 0 Å². The van der Waals surface area contributed by atoms with Crippen molar-refractivity contribution in [1.82, 2.24) is 10.3 Å². The third-order valence-electron chi connectivity index (χ3n) is 3.27. The third-order valence-corrected chi connectivity index (χ3v) is 3.27.